The molecule has 2 aromatic rings. The number of carbonyl (C=O) groups excluding carboxylic acids is 1. The summed E-state index contributed by atoms with van der Waals surface area (Å²) in [6.07, 6.45) is 5.30. The van der Waals surface area contributed by atoms with Gasteiger partial charge < -0.3 is 5.32 Å². The van der Waals surface area contributed by atoms with E-state index >= 15 is 0 Å². The molecule has 0 atom stereocenters. The van der Waals surface area contributed by atoms with Gasteiger partial charge in [0, 0.05) is 10.5 Å². The molecular weight excluding hydrogens is 440 g/mol. The zero-order valence-corrected chi connectivity index (χ0v) is 18.3. The fourth-order valence-electron chi connectivity index (χ4n) is 3.41. The van der Waals surface area contributed by atoms with E-state index in [2.05, 4.69) is 21.2 Å². The van der Waals surface area contributed by atoms with Crippen molar-refractivity contribution in [2.75, 3.05) is 10.8 Å². The SMILES string of the molecule is Cc1ccc(S(=O)(=O)N(CC(=O)NC2CCCCC2)c2ccc(Br)cc2)cc1. The second-order valence-corrected chi connectivity index (χ2v) is 9.98. The van der Waals surface area contributed by atoms with Crippen molar-refractivity contribution in [1.82, 2.24) is 5.32 Å². The molecule has 1 N–H and O–H groups in total. The van der Waals surface area contributed by atoms with Crippen molar-refractivity contribution >= 4 is 37.5 Å². The Morgan fingerprint density at radius 2 is 1.64 bits per heavy atom. The number of benzene rings is 2. The molecule has 0 spiro atoms. The molecule has 0 unspecified atom stereocenters. The van der Waals surface area contributed by atoms with Gasteiger partial charge in [-0.2, -0.15) is 0 Å². The summed E-state index contributed by atoms with van der Waals surface area (Å²) in [5.41, 5.74) is 1.44. The fourth-order valence-corrected chi connectivity index (χ4v) is 5.10. The lowest BCUT2D eigenvalue weighted by atomic mass is 9.95. The summed E-state index contributed by atoms with van der Waals surface area (Å²) >= 11 is 3.37. The zero-order valence-electron chi connectivity index (χ0n) is 15.9. The lowest BCUT2D eigenvalue weighted by Crippen LogP contribution is -2.44. The molecule has 0 bridgehead atoms. The maximum atomic E-state index is 13.3. The number of carbonyl (C=O) groups is 1. The Hall–Kier alpha value is -1.86. The first-order valence-corrected chi connectivity index (χ1v) is 11.7. The first-order chi connectivity index (χ1) is 13.4. The molecule has 28 heavy (non-hydrogen) atoms. The molecule has 1 amide bonds. The predicted octanol–water partition coefficient (Wildman–Crippen LogP) is 4.40. The van der Waals surface area contributed by atoms with Crippen LogP contribution in [0.3, 0.4) is 0 Å². The minimum absolute atomic E-state index is 0.134. The smallest absolute Gasteiger partial charge is 0.264 e. The monoisotopic (exact) mass is 464 g/mol. The molecule has 3 rings (SSSR count). The van der Waals surface area contributed by atoms with Crippen LogP contribution in [-0.2, 0) is 14.8 Å². The quantitative estimate of drug-likeness (QED) is 0.688. The number of aryl methyl sites for hydroxylation is 1. The van der Waals surface area contributed by atoms with Crippen LogP contribution in [0.25, 0.3) is 0 Å². The number of anilines is 1. The van der Waals surface area contributed by atoms with Crippen LogP contribution in [-0.4, -0.2) is 26.9 Å². The van der Waals surface area contributed by atoms with E-state index in [1.54, 1.807) is 48.5 Å². The number of nitrogens with one attached hydrogen (secondary N) is 1. The van der Waals surface area contributed by atoms with E-state index in [1.807, 2.05) is 6.92 Å². The van der Waals surface area contributed by atoms with Crippen LogP contribution in [0.2, 0.25) is 0 Å². The van der Waals surface area contributed by atoms with E-state index in [0.29, 0.717) is 5.69 Å². The molecule has 1 aliphatic carbocycles. The van der Waals surface area contributed by atoms with Crippen LogP contribution in [0.4, 0.5) is 5.69 Å². The van der Waals surface area contributed by atoms with Crippen LogP contribution >= 0.6 is 15.9 Å². The van der Waals surface area contributed by atoms with Gasteiger partial charge in [-0.1, -0.05) is 52.9 Å². The third kappa shape index (κ3) is 5.14. The number of hydrogen-bond donors (Lipinski definition) is 1. The maximum absolute atomic E-state index is 13.3. The van der Waals surface area contributed by atoms with Gasteiger partial charge in [-0.25, -0.2) is 8.42 Å². The predicted molar refractivity (Wildman–Crippen MR) is 115 cm³/mol. The molecule has 0 aromatic heterocycles. The Bertz CT molecular complexity index is 906. The minimum atomic E-state index is -3.86. The van der Waals surface area contributed by atoms with Crippen LogP contribution in [0.5, 0.6) is 0 Å². The molecule has 0 heterocycles. The normalized spacial score (nSPS) is 15.2. The average Bonchev–Trinajstić information content (AvgIpc) is 2.68. The first-order valence-electron chi connectivity index (χ1n) is 9.50. The second kappa shape index (κ2) is 9.09. The molecule has 1 fully saturated rings. The van der Waals surface area contributed by atoms with Crippen molar-refractivity contribution in [3.8, 4) is 0 Å². The third-order valence-corrected chi connectivity index (χ3v) is 7.30. The lowest BCUT2D eigenvalue weighted by molar-refractivity contribution is -0.120. The summed E-state index contributed by atoms with van der Waals surface area (Å²) in [6.45, 7) is 1.66. The molecule has 5 nitrogen and oxygen atoms in total. The van der Waals surface area contributed by atoms with Crippen molar-refractivity contribution in [3.05, 3.63) is 58.6 Å². The van der Waals surface area contributed by atoms with Crippen LogP contribution < -0.4 is 9.62 Å². The summed E-state index contributed by atoms with van der Waals surface area (Å²) in [5.74, 6) is -0.273. The van der Waals surface area contributed by atoms with Crippen molar-refractivity contribution < 1.29 is 13.2 Å². The van der Waals surface area contributed by atoms with E-state index in [1.165, 1.54) is 10.7 Å². The number of rotatable bonds is 6. The van der Waals surface area contributed by atoms with Gasteiger partial charge >= 0.3 is 0 Å². The third-order valence-electron chi connectivity index (χ3n) is 4.98. The van der Waals surface area contributed by atoms with Crippen molar-refractivity contribution in [2.24, 2.45) is 0 Å². The van der Waals surface area contributed by atoms with Crippen molar-refractivity contribution in [3.63, 3.8) is 0 Å². The molecule has 150 valence electrons. The number of amides is 1. The molecule has 0 saturated heterocycles. The standard InChI is InChI=1S/C21H25BrN2O3S/c1-16-7-13-20(14-8-16)28(26,27)24(19-11-9-17(22)10-12-19)15-21(25)23-18-5-3-2-4-6-18/h7-14,18H,2-6,15H2,1H3,(H,23,25). The largest absolute Gasteiger partial charge is 0.352 e. The molecular formula is C21H25BrN2O3S. The van der Waals surface area contributed by atoms with E-state index in [0.717, 1.165) is 35.7 Å². The lowest BCUT2D eigenvalue weighted by Gasteiger charge is -2.27. The van der Waals surface area contributed by atoms with Crippen LogP contribution in [0.1, 0.15) is 37.7 Å². The number of nitrogens with zero attached hydrogens (tertiary/aromatic N) is 1. The average molecular weight is 465 g/mol. The fraction of sp³-hybridized carbons (Fsp3) is 0.381. The number of halogens is 1. The summed E-state index contributed by atoms with van der Waals surface area (Å²) in [6, 6.07) is 13.7. The zero-order chi connectivity index (χ0) is 20.1. The number of hydrogen-bond acceptors (Lipinski definition) is 3. The highest BCUT2D eigenvalue weighted by Crippen LogP contribution is 2.26. The maximum Gasteiger partial charge on any atom is 0.264 e. The summed E-state index contributed by atoms with van der Waals surface area (Å²) in [5, 5.41) is 3.01. The molecule has 1 aliphatic rings. The highest BCUT2D eigenvalue weighted by molar-refractivity contribution is 9.10. The highest BCUT2D eigenvalue weighted by Gasteiger charge is 2.28. The summed E-state index contributed by atoms with van der Waals surface area (Å²) in [7, 11) is -3.86. The number of sulfonamides is 1. The van der Waals surface area contributed by atoms with Crippen molar-refractivity contribution in [1.29, 1.82) is 0 Å². The van der Waals surface area contributed by atoms with Gasteiger partial charge in [0.25, 0.3) is 10.0 Å². The molecule has 1 saturated carbocycles. The van der Waals surface area contributed by atoms with Crippen LogP contribution in [0, 0.1) is 6.92 Å². The molecule has 0 radical (unpaired) electrons. The first kappa shape index (κ1) is 20.9. The Morgan fingerprint density at radius 1 is 1.04 bits per heavy atom. The Kier molecular flexibility index (Phi) is 6.78. The second-order valence-electron chi connectivity index (χ2n) is 7.20. The van der Waals surface area contributed by atoms with Crippen molar-refractivity contribution in [2.45, 2.75) is 50.0 Å². The highest BCUT2D eigenvalue weighted by atomic mass is 79.9. The summed E-state index contributed by atoms with van der Waals surface area (Å²) in [4.78, 5) is 12.8. The van der Waals surface area contributed by atoms with Gasteiger partial charge in [0.05, 0.1) is 10.6 Å². The van der Waals surface area contributed by atoms with E-state index < -0.39 is 10.0 Å². The van der Waals surface area contributed by atoms with Gasteiger partial charge in [0.1, 0.15) is 6.54 Å². The minimum Gasteiger partial charge on any atom is -0.352 e. The molecule has 7 heteroatoms. The Morgan fingerprint density at radius 3 is 2.25 bits per heavy atom. The van der Waals surface area contributed by atoms with Crippen LogP contribution in [0.15, 0.2) is 57.9 Å². The van der Waals surface area contributed by atoms with Gasteiger partial charge in [-0.3, -0.25) is 9.10 Å². The van der Waals surface area contributed by atoms with E-state index in [-0.39, 0.29) is 23.4 Å². The van der Waals surface area contributed by atoms with Gasteiger partial charge in [0.2, 0.25) is 5.91 Å². The molecule has 0 aliphatic heterocycles. The Labute approximate surface area is 175 Å². The summed E-state index contributed by atoms with van der Waals surface area (Å²) < 4.78 is 28.6. The molecule has 2 aromatic carbocycles. The van der Waals surface area contributed by atoms with E-state index in [4.69, 9.17) is 0 Å². The van der Waals surface area contributed by atoms with Gasteiger partial charge in [-0.05, 0) is 56.2 Å². The van der Waals surface area contributed by atoms with Gasteiger partial charge in [-0.15, -0.1) is 0 Å². The van der Waals surface area contributed by atoms with Gasteiger partial charge in [0.15, 0.2) is 0 Å². The van der Waals surface area contributed by atoms with E-state index in [9.17, 15) is 13.2 Å². The Balaban J connectivity index is 1.87. The topological polar surface area (TPSA) is 66.5 Å².